The number of aryl methyl sites for hydroxylation is 1. The van der Waals surface area contributed by atoms with E-state index in [1.807, 2.05) is 17.4 Å². The van der Waals surface area contributed by atoms with E-state index in [1.165, 1.54) is 0 Å². The predicted molar refractivity (Wildman–Crippen MR) is 61.7 cm³/mol. The van der Waals surface area contributed by atoms with E-state index in [0.29, 0.717) is 25.3 Å². The summed E-state index contributed by atoms with van der Waals surface area (Å²) in [7, 11) is 1.89. The third kappa shape index (κ3) is 3.59. The number of hydrogen-bond acceptors (Lipinski definition) is 5. The van der Waals surface area contributed by atoms with E-state index in [1.54, 1.807) is 13.0 Å². The average molecular weight is 236 g/mol. The fraction of sp³-hybridized carbons (Fsp3) is 0.455. The minimum absolute atomic E-state index is 0.233. The van der Waals surface area contributed by atoms with Crippen molar-refractivity contribution in [1.82, 2.24) is 10.3 Å². The Morgan fingerprint density at radius 3 is 3.00 bits per heavy atom. The summed E-state index contributed by atoms with van der Waals surface area (Å²) in [6.45, 7) is 3.00. The Morgan fingerprint density at radius 1 is 1.71 bits per heavy atom. The second kappa shape index (κ2) is 6.03. The molecule has 1 rings (SSSR count). The third-order valence-corrected chi connectivity index (χ3v) is 2.34. The van der Waals surface area contributed by atoms with Crippen LogP contribution in [0.4, 0.5) is 0 Å². The van der Waals surface area contributed by atoms with Crippen LogP contribution in [0.3, 0.4) is 0 Å². The van der Waals surface area contributed by atoms with E-state index < -0.39 is 5.91 Å². The molecule has 0 unspecified atom stereocenters. The fourth-order valence-electron chi connectivity index (χ4n) is 1.50. The lowest BCUT2D eigenvalue weighted by molar-refractivity contribution is 0.0921. The van der Waals surface area contributed by atoms with Crippen molar-refractivity contribution in [2.24, 2.45) is 5.84 Å². The van der Waals surface area contributed by atoms with E-state index in [4.69, 9.17) is 15.5 Å². The molecule has 0 aliphatic carbocycles. The lowest BCUT2D eigenvalue weighted by Crippen LogP contribution is -2.30. The van der Waals surface area contributed by atoms with Crippen molar-refractivity contribution in [3.05, 3.63) is 23.2 Å². The molecule has 0 spiro atoms. The van der Waals surface area contributed by atoms with Crippen LogP contribution in [0.2, 0.25) is 0 Å². The molecule has 3 N–H and O–H groups in total. The smallest absolute Gasteiger partial charge is 0.301 e. The molecule has 1 aromatic rings. The van der Waals surface area contributed by atoms with Gasteiger partial charge in [-0.2, -0.15) is 5.26 Å². The van der Waals surface area contributed by atoms with E-state index in [9.17, 15) is 4.79 Å². The molecule has 1 heterocycles. The van der Waals surface area contributed by atoms with Gasteiger partial charge in [-0.25, -0.2) is 5.84 Å². The van der Waals surface area contributed by atoms with Crippen LogP contribution in [-0.4, -0.2) is 24.4 Å². The van der Waals surface area contributed by atoms with Gasteiger partial charge in [-0.3, -0.25) is 15.1 Å². The van der Waals surface area contributed by atoms with Crippen LogP contribution < -0.4 is 11.3 Å². The van der Waals surface area contributed by atoms with Crippen molar-refractivity contribution in [3.63, 3.8) is 0 Å². The monoisotopic (exact) mass is 236 g/mol. The summed E-state index contributed by atoms with van der Waals surface area (Å²) in [5.41, 5.74) is 2.78. The van der Waals surface area contributed by atoms with E-state index in [0.717, 1.165) is 5.56 Å². The maximum atomic E-state index is 11.3. The number of carbonyl (C=O) groups is 1. The van der Waals surface area contributed by atoms with Crippen LogP contribution >= 0.6 is 0 Å². The van der Waals surface area contributed by atoms with Gasteiger partial charge in [0.05, 0.1) is 12.6 Å². The molecule has 0 aromatic carbocycles. The number of nitrogens with zero attached hydrogens (tertiary/aromatic N) is 2. The molecule has 92 valence electrons. The third-order valence-electron chi connectivity index (χ3n) is 2.34. The Labute approximate surface area is 100.0 Å². The SMILES string of the molecule is Cc1cc(CN(C)CCC#N)oc1C(=O)NN. The number of nitrogen functional groups attached to an aromatic ring is 1. The zero-order valence-corrected chi connectivity index (χ0v) is 9.99. The first-order valence-corrected chi connectivity index (χ1v) is 5.24. The zero-order chi connectivity index (χ0) is 12.8. The molecule has 1 aromatic heterocycles. The highest BCUT2D eigenvalue weighted by Gasteiger charge is 2.15. The van der Waals surface area contributed by atoms with E-state index >= 15 is 0 Å². The first kappa shape index (κ1) is 13.2. The fourth-order valence-corrected chi connectivity index (χ4v) is 1.50. The lowest BCUT2D eigenvalue weighted by Gasteiger charge is -2.12. The van der Waals surface area contributed by atoms with Crippen molar-refractivity contribution >= 4 is 5.91 Å². The maximum absolute atomic E-state index is 11.3. The van der Waals surface area contributed by atoms with Gasteiger partial charge in [0, 0.05) is 18.5 Å². The van der Waals surface area contributed by atoms with E-state index in [-0.39, 0.29) is 5.76 Å². The van der Waals surface area contributed by atoms with Gasteiger partial charge in [0.15, 0.2) is 5.76 Å². The minimum atomic E-state index is -0.437. The molecule has 0 aliphatic heterocycles. The largest absolute Gasteiger partial charge is 0.454 e. The van der Waals surface area contributed by atoms with Crippen LogP contribution in [0.1, 0.15) is 28.3 Å². The maximum Gasteiger partial charge on any atom is 0.301 e. The van der Waals surface area contributed by atoms with Crippen molar-refractivity contribution < 1.29 is 9.21 Å². The average Bonchev–Trinajstić information content (AvgIpc) is 2.66. The molecule has 0 saturated heterocycles. The van der Waals surface area contributed by atoms with E-state index in [2.05, 4.69) is 6.07 Å². The molecule has 0 atom stereocenters. The van der Waals surface area contributed by atoms with Gasteiger partial charge in [0.25, 0.3) is 0 Å². The van der Waals surface area contributed by atoms with Crippen LogP contribution in [0.5, 0.6) is 0 Å². The number of furan rings is 1. The lowest BCUT2D eigenvalue weighted by atomic mass is 10.2. The van der Waals surface area contributed by atoms with Gasteiger partial charge >= 0.3 is 5.91 Å². The van der Waals surface area contributed by atoms with Crippen LogP contribution in [0, 0.1) is 18.3 Å². The molecule has 0 bridgehead atoms. The summed E-state index contributed by atoms with van der Waals surface area (Å²) in [4.78, 5) is 13.3. The number of carbonyl (C=O) groups excluding carboxylic acids is 1. The molecule has 0 fully saturated rings. The number of nitriles is 1. The molecule has 17 heavy (non-hydrogen) atoms. The Kier molecular flexibility index (Phi) is 4.69. The number of nitrogens with two attached hydrogens (primary N) is 1. The first-order chi connectivity index (χ1) is 8.08. The quantitative estimate of drug-likeness (QED) is 0.442. The summed E-state index contributed by atoms with van der Waals surface area (Å²) < 4.78 is 5.40. The molecular weight excluding hydrogens is 220 g/mol. The first-order valence-electron chi connectivity index (χ1n) is 5.24. The topological polar surface area (TPSA) is 95.3 Å². The van der Waals surface area contributed by atoms with Gasteiger partial charge in [-0.1, -0.05) is 0 Å². The van der Waals surface area contributed by atoms with Crippen molar-refractivity contribution in [3.8, 4) is 6.07 Å². The zero-order valence-electron chi connectivity index (χ0n) is 9.99. The van der Waals surface area contributed by atoms with Crippen molar-refractivity contribution in [1.29, 1.82) is 5.26 Å². The van der Waals surface area contributed by atoms with Gasteiger partial charge in [0.1, 0.15) is 5.76 Å². The summed E-state index contributed by atoms with van der Waals surface area (Å²) in [5, 5.41) is 8.47. The molecule has 6 nitrogen and oxygen atoms in total. The predicted octanol–water partition coefficient (Wildman–Crippen LogP) is 0.537. The Bertz CT molecular complexity index is 433. The standard InChI is InChI=1S/C11H16N4O2/c1-8-6-9(7-15(2)5-3-4-12)17-10(8)11(16)14-13/h6H,3,5,7,13H2,1-2H3,(H,14,16). The van der Waals surface area contributed by atoms with Crippen molar-refractivity contribution in [2.45, 2.75) is 19.9 Å². The summed E-state index contributed by atoms with van der Waals surface area (Å²) in [6, 6.07) is 3.87. The summed E-state index contributed by atoms with van der Waals surface area (Å²) in [6.07, 6.45) is 0.465. The number of rotatable bonds is 5. The highest BCUT2D eigenvalue weighted by Crippen LogP contribution is 2.15. The van der Waals surface area contributed by atoms with Crippen molar-refractivity contribution in [2.75, 3.05) is 13.6 Å². The normalized spacial score (nSPS) is 10.3. The van der Waals surface area contributed by atoms with Gasteiger partial charge in [0.2, 0.25) is 0 Å². The molecule has 6 heteroatoms. The second-order valence-electron chi connectivity index (χ2n) is 3.84. The van der Waals surface area contributed by atoms with Crippen LogP contribution in [-0.2, 0) is 6.54 Å². The second-order valence-corrected chi connectivity index (χ2v) is 3.84. The molecular formula is C11H16N4O2. The number of amides is 1. The molecule has 0 radical (unpaired) electrons. The Hall–Kier alpha value is -1.84. The van der Waals surface area contributed by atoms with Gasteiger partial charge in [-0.15, -0.1) is 0 Å². The van der Waals surface area contributed by atoms with Gasteiger partial charge in [-0.05, 0) is 20.0 Å². The summed E-state index contributed by atoms with van der Waals surface area (Å²) in [5.74, 6) is 5.52. The Morgan fingerprint density at radius 2 is 2.41 bits per heavy atom. The Balaban J connectivity index is 2.67. The van der Waals surface area contributed by atoms with Crippen LogP contribution in [0.15, 0.2) is 10.5 Å². The molecule has 0 aliphatic rings. The molecule has 0 saturated carbocycles. The summed E-state index contributed by atoms with van der Waals surface area (Å²) >= 11 is 0. The van der Waals surface area contributed by atoms with Gasteiger partial charge < -0.3 is 4.42 Å². The highest BCUT2D eigenvalue weighted by molar-refractivity contribution is 5.92. The number of hydrogen-bond donors (Lipinski definition) is 2. The molecule has 1 amide bonds. The number of nitrogens with one attached hydrogen (secondary N) is 1. The minimum Gasteiger partial charge on any atom is -0.454 e. The number of hydrazine groups is 1. The highest BCUT2D eigenvalue weighted by atomic mass is 16.4. The van der Waals surface area contributed by atoms with Crippen LogP contribution in [0.25, 0.3) is 0 Å².